The van der Waals surface area contributed by atoms with E-state index in [1.165, 1.54) is 24.2 Å². The zero-order chi connectivity index (χ0) is 15.6. The number of anilines is 2. The van der Waals surface area contributed by atoms with Crippen LogP contribution < -0.4 is 22.1 Å². The first-order chi connectivity index (χ1) is 9.94. The number of primary amides is 1. The summed E-state index contributed by atoms with van der Waals surface area (Å²) in [5.41, 5.74) is 12.1. The van der Waals surface area contributed by atoms with Crippen molar-refractivity contribution in [3.8, 4) is 0 Å². The smallest absolute Gasteiger partial charge is 0.263 e. The summed E-state index contributed by atoms with van der Waals surface area (Å²) in [7, 11) is 0. The molecule has 0 unspecified atom stereocenters. The second-order valence-corrected chi connectivity index (χ2v) is 6.50. The number of nitrogens with one attached hydrogen (secondary N) is 2. The number of thiophene rings is 1. The Morgan fingerprint density at radius 2 is 2.00 bits per heavy atom. The van der Waals surface area contributed by atoms with Crippen LogP contribution in [0.5, 0.6) is 0 Å². The molecule has 1 aliphatic rings. The van der Waals surface area contributed by atoms with Gasteiger partial charge < -0.3 is 22.1 Å². The summed E-state index contributed by atoms with van der Waals surface area (Å²) in [5.74, 6) is -0.879. The van der Waals surface area contributed by atoms with Crippen molar-refractivity contribution < 1.29 is 9.59 Å². The molecule has 2 amide bonds. The van der Waals surface area contributed by atoms with Gasteiger partial charge in [0.05, 0.1) is 11.3 Å². The third-order valence-corrected chi connectivity index (χ3v) is 5.23. The van der Waals surface area contributed by atoms with Crippen LogP contribution in [-0.4, -0.2) is 24.9 Å². The zero-order valence-corrected chi connectivity index (χ0v) is 13.2. The van der Waals surface area contributed by atoms with Gasteiger partial charge in [0.15, 0.2) is 0 Å². The molecule has 0 bridgehead atoms. The van der Waals surface area contributed by atoms with Gasteiger partial charge in [0.1, 0.15) is 9.88 Å². The molecule has 21 heavy (non-hydrogen) atoms. The maximum atomic E-state index is 12.0. The molecule has 1 heterocycles. The van der Waals surface area contributed by atoms with E-state index in [4.69, 9.17) is 11.5 Å². The molecule has 0 aromatic carbocycles. The molecule has 0 radical (unpaired) electrons. The molecule has 6 nitrogen and oxygen atoms in total. The molecule has 1 aromatic rings. The van der Waals surface area contributed by atoms with Gasteiger partial charge in [-0.15, -0.1) is 11.3 Å². The Labute approximate surface area is 128 Å². The third-order valence-electron chi connectivity index (χ3n) is 4.07. The van der Waals surface area contributed by atoms with E-state index in [1.54, 1.807) is 0 Å². The molecule has 1 aromatic heterocycles. The third kappa shape index (κ3) is 3.12. The van der Waals surface area contributed by atoms with Gasteiger partial charge in [-0.25, -0.2) is 0 Å². The van der Waals surface area contributed by atoms with Gasteiger partial charge in [0, 0.05) is 13.1 Å². The van der Waals surface area contributed by atoms with Crippen molar-refractivity contribution >= 4 is 33.8 Å². The van der Waals surface area contributed by atoms with Crippen LogP contribution in [-0.2, 0) is 0 Å². The fourth-order valence-corrected chi connectivity index (χ4v) is 3.36. The summed E-state index contributed by atoms with van der Waals surface area (Å²) in [4.78, 5) is 23.9. The molecule has 1 saturated carbocycles. The average Bonchev–Trinajstić information content (AvgIpc) is 3.14. The topological polar surface area (TPSA) is 110 Å². The van der Waals surface area contributed by atoms with Crippen molar-refractivity contribution in [2.24, 2.45) is 11.1 Å². The Morgan fingerprint density at radius 1 is 1.33 bits per heavy atom. The summed E-state index contributed by atoms with van der Waals surface area (Å²) in [6, 6.07) is 0. The van der Waals surface area contributed by atoms with Gasteiger partial charge >= 0.3 is 0 Å². The molecule has 1 aliphatic carbocycles. The first kappa shape index (κ1) is 15.6. The van der Waals surface area contributed by atoms with E-state index in [-0.39, 0.29) is 17.2 Å². The maximum absolute atomic E-state index is 12.0. The molecule has 0 atom stereocenters. The number of amides is 2. The molecule has 1 fully saturated rings. The molecule has 0 saturated heterocycles. The average molecular weight is 310 g/mol. The normalized spacial score (nSPS) is 15.5. The van der Waals surface area contributed by atoms with Crippen molar-refractivity contribution in [3.63, 3.8) is 0 Å². The second kappa shape index (κ2) is 5.93. The Kier molecular flexibility index (Phi) is 4.41. The largest absolute Gasteiger partial charge is 0.397 e. The lowest BCUT2D eigenvalue weighted by molar-refractivity contribution is 0.0960. The quantitative estimate of drug-likeness (QED) is 0.615. The number of nitrogens with two attached hydrogens (primary N) is 2. The van der Waals surface area contributed by atoms with E-state index in [0.717, 1.165) is 13.0 Å². The fourth-order valence-electron chi connectivity index (χ4n) is 2.32. The minimum Gasteiger partial charge on any atom is -0.397 e. The Morgan fingerprint density at radius 3 is 2.48 bits per heavy atom. The van der Waals surface area contributed by atoms with Gasteiger partial charge in [0.2, 0.25) is 0 Å². The van der Waals surface area contributed by atoms with Crippen molar-refractivity contribution in [3.05, 3.63) is 10.4 Å². The van der Waals surface area contributed by atoms with Crippen molar-refractivity contribution in [2.75, 3.05) is 24.1 Å². The van der Waals surface area contributed by atoms with Crippen molar-refractivity contribution in [1.82, 2.24) is 5.32 Å². The number of rotatable bonds is 7. The Bertz CT molecular complexity index is 564. The standard InChI is InChI=1S/C14H22N4O2S/c1-3-14(5-6-14)7-18-13-8(11(16)19)9(15)10(21-13)12(20)17-4-2/h18H,3-7,15H2,1-2H3,(H2,16,19)(H,17,20). The van der Waals surface area contributed by atoms with Crippen LogP contribution in [0.1, 0.15) is 53.1 Å². The van der Waals surface area contributed by atoms with E-state index in [1.807, 2.05) is 6.92 Å². The number of carbonyl (C=O) groups excluding carboxylic acids is 2. The van der Waals surface area contributed by atoms with Crippen LogP contribution >= 0.6 is 11.3 Å². The molecule has 2 rings (SSSR count). The second-order valence-electron chi connectivity index (χ2n) is 5.48. The van der Waals surface area contributed by atoms with Crippen LogP contribution in [0.3, 0.4) is 0 Å². The lowest BCUT2D eigenvalue weighted by atomic mass is 10.0. The summed E-state index contributed by atoms with van der Waals surface area (Å²) in [6.07, 6.45) is 3.47. The van der Waals surface area contributed by atoms with Crippen molar-refractivity contribution in [2.45, 2.75) is 33.1 Å². The highest BCUT2D eigenvalue weighted by molar-refractivity contribution is 7.19. The van der Waals surface area contributed by atoms with E-state index >= 15 is 0 Å². The van der Waals surface area contributed by atoms with Gasteiger partial charge in [-0.1, -0.05) is 6.92 Å². The molecular weight excluding hydrogens is 288 g/mol. The van der Waals surface area contributed by atoms with Crippen LogP contribution in [0.15, 0.2) is 0 Å². The predicted molar refractivity (Wildman–Crippen MR) is 85.7 cm³/mol. The fraction of sp³-hybridized carbons (Fsp3) is 0.571. The van der Waals surface area contributed by atoms with E-state index < -0.39 is 5.91 Å². The first-order valence-corrected chi connectivity index (χ1v) is 8.00. The summed E-state index contributed by atoms with van der Waals surface area (Å²) < 4.78 is 0. The monoisotopic (exact) mass is 310 g/mol. The van der Waals surface area contributed by atoms with Gasteiger partial charge in [-0.2, -0.15) is 0 Å². The van der Waals surface area contributed by atoms with Gasteiger partial charge in [-0.05, 0) is 31.6 Å². The number of nitrogen functional groups attached to an aromatic ring is 1. The summed E-state index contributed by atoms with van der Waals surface area (Å²) in [5, 5.41) is 6.55. The van der Waals surface area contributed by atoms with Crippen LogP contribution in [0.4, 0.5) is 10.7 Å². The molecular formula is C14H22N4O2S. The van der Waals surface area contributed by atoms with E-state index in [2.05, 4.69) is 17.6 Å². The van der Waals surface area contributed by atoms with Gasteiger partial charge in [0.25, 0.3) is 11.8 Å². The molecule has 6 N–H and O–H groups in total. The SMILES string of the molecule is CCNC(=O)c1sc(NCC2(CC)CC2)c(C(N)=O)c1N. The highest BCUT2D eigenvalue weighted by Gasteiger charge is 2.40. The Hall–Kier alpha value is -1.76. The molecule has 0 spiro atoms. The minimum atomic E-state index is -0.608. The van der Waals surface area contributed by atoms with Crippen LogP contribution in [0.2, 0.25) is 0 Å². The van der Waals surface area contributed by atoms with Gasteiger partial charge in [-0.3, -0.25) is 9.59 Å². The highest BCUT2D eigenvalue weighted by Crippen LogP contribution is 2.49. The molecule has 7 heteroatoms. The lowest BCUT2D eigenvalue weighted by Gasteiger charge is -2.13. The van der Waals surface area contributed by atoms with Crippen LogP contribution in [0, 0.1) is 5.41 Å². The Balaban J connectivity index is 2.24. The molecule has 0 aliphatic heterocycles. The predicted octanol–water partition coefficient (Wildman–Crippen LogP) is 1.78. The first-order valence-electron chi connectivity index (χ1n) is 7.18. The maximum Gasteiger partial charge on any atom is 0.263 e. The number of hydrogen-bond donors (Lipinski definition) is 4. The number of hydrogen-bond acceptors (Lipinski definition) is 5. The zero-order valence-electron chi connectivity index (χ0n) is 12.4. The number of carbonyl (C=O) groups is 2. The van der Waals surface area contributed by atoms with Crippen LogP contribution in [0.25, 0.3) is 0 Å². The minimum absolute atomic E-state index is 0.169. The lowest BCUT2D eigenvalue weighted by Crippen LogP contribution is -2.23. The van der Waals surface area contributed by atoms with Crippen molar-refractivity contribution in [1.29, 1.82) is 0 Å². The van der Waals surface area contributed by atoms with E-state index in [9.17, 15) is 9.59 Å². The molecule has 116 valence electrons. The van der Waals surface area contributed by atoms with E-state index in [0.29, 0.717) is 21.8 Å². The summed E-state index contributed by atoms with van der Waals surface area (Å²) in [6.45, 7) is 5.27. The summed E-state index contributed by atoms with van der Waals surface area (Å²) >= 11 is 1.19. The highest BCUT2D eigenvalue weighted by atomic mass is 32.1.